The molecule has 0 amide bonds. The SMILES string of the molecule is COCCNCc1ccc(F)cc1. The molecule has 0 fully saturated rings. The molecule has 0 saturated carbocycles. The van der Waals surface area contributed by atoms with Gasteiger partial charge in [-0.05, 0) is 17.7 Å². The zero-order chi connectivity index (χ0) is 9.52. The van der Waals surface area contributed by atoms with Crippen LogP contribution in [-0.4, -0.2) is 20.3 Å². The highest BCUT2D eigenvalue weighted by Crippen LogP contribution is 2.01. The average Bonchev–Trinajstić information content (AvgIpc) is 2.15. The van der Waals surface area contributed by atoms with Gasteiger partial charge in [0.25, 0.3) is 0 Å². The van der Waals surface area contributed by atoms with Crippen LogP contribution in [0.2, 0.25) is 0 Å². The maximum Gasteiger partial charge on any atom is 0.123 e. The number of nitrogens with one attached hydrogen (secondary N) is 1. The molecule has 13 heavy (non-hydrogen) atoms. The summed E-state index contributed by atoms with van der Waals surface area (Å²) >= 11 is 0. The van der Waals surface area contributed by atoms with Gasteiger partial charge in [-0.25, -0.2) is 4.39 Å². The van der Waals surface area contributed by atoms with Crippen molar-refractivity contribution in [1.29, 1.82) is 0 Å². The molecular weight excluding hydrogens is 169 g/mol. The normalized spacial score (nSPS) is 10.3. The summed E-state index contributed by atoms with van der Waals surface area (Å²) in [6.07, 6.45) is 0. The second-order valence-corrected chi connectivity index (χ2v) is 2.80. The van der Waals surface area contributed by atoms with E-state index >= 15 is 0 Å². The van der Waals surface area contributed by atoms with Crippen LogP contribution in [0.1, 0.15) is 5.56 Å². The molecule has 0 aliphatic heterocycles. The first kappa shape index (κ1) is 10.2. The second-order valence-electron chi connectivity index (χ2n) is 2.80. The number of rotatable bonds is 5. The fraction of sp³-hybridized carbons (Fsp3) is 0.400. The fourth-order valence-corrected chi connectivity index (χ4v) is 1.01. The van der Waals surface area contributed by atoms with Crippen molar-refractivity contribution in [3.63, 3.8) is 0 Å². The van der Waals surface area contributed by atoms with Crippen molar-refractivity contribution >= 4 is 0 Å². The lowest BCUT2D eigenvalue weighted by atomic mass is 10.2. The molecule has 1 rings (SSSR count). The van der Waals surface area contributed by atoms with Crippen LogP contribution in [0, 0.1) is 5.82 Å². The number of hydrogen-bond acceptors (Lipinski definition) is 2. The van der Waals surface area contributed by atoms with Gasteiger partial charge in [0.1, 0.15) is 5.82 Å². The molecular formula is C10H14FNO. The molecule has 2 nitrogen and oxygen atoms in total. The summed E-state index contributed by atoms with van der Waals surface area (Å²) in [6.45, 7) is 2.26. The van der Waals surface area contributed by atoms with Gasteiger partial charge in [0.15, 0.2) is 0 Å². The molecule has 0 aliphatic rings. The predicted molar refractivity (Wildman–Crippen MR) is 50.0 cm³/mol. The van der Waals surface area contributed by atoms with Crippen molar-refractivity contribution in [2.24, 2.45) is 0 Å². The third-order valence-corrected chi connectivity index (χ3v) is 1.73. The molecule has 1 aromatic carbocycles. The van der Waals surface area contributed by atoms with Crippen LogP contribution >= 0.6 is 0 Å². The van der Waals surface area contributed by atoms with E-state index in [4.69, 9.17) is 4.74 Å². The van der Waals surface area contributed by atoms with Crippen molar-refractivity contribution in [3.05, 3.63) is 35.6 Å². The van der Waals surface area contributed by atoms with Gasteiger partial charge in [0.05, 0.1) is 6.61 Å². The number of ether oxygens (including phenoxy) is 1. The third kappa shape index (κ3) is 4.01. The summed E-state index contributed by atoms with van der Waals surface area (Å²) in [6, 6.07) is 6.48. The predicted octanol–water partition coefficient (Wildman–Crippen LogP) is 1.56. The summed E-state index contributed by atoms with van der Waals surface area (Å²) in [7, 11) is 1.67. The van der Waals surface area contributed by atoms with Crippen molar-refractivity contribution in [2.45, 2.75) is 6.54 Å². The largest absolute Gasteiger partial charge is 0.383 e. The first-order valence-electron chi connectivity index (χ1n) is 4.27. The molecule has 3 heteroatoms. The number of methoxy groups -OCH3 is 1. The zero-order valence-electron chi connectivity index (χ0n) is 7.72. The van der Waals surface area contributed by atoms with Gasteiger partial charge < -0.3 is 10.1 Å². The van der Waals surface area contributed by atoms with E-state index < -0.39 is 0 Å². The first-order chi connectivity index (χ1) is 6.33. The van der Waals surface area contributed by atoms with Gasteiger partial charge in [-0.15, -0.1) is 0 Å². The molecule has 0 unspecified atom stereocenters. The summed E-state index contributed by atoms with van der Waals surface area (Å²) < 4.78 is 17.4. The quantitative estimate of drug-likeness (QED) is 0.699. The maximum absolute atomic E-state index is 12.5. The second kappa shape index (κ2) is 5.67. The summed E-state index contributed by atoms with van der Waals surface area (Å²) in [5, 5.41) is 3.17. The number of benzene rings is 1. The van der Waals surface area contributed by atoms with Crippen molar-refractivity contribution in [1.82, 2.24) is 5.32 Å². The van der Waals surface area contributed by atoms with E-state index in [1.165, 1.54) is 12.1 Å². The smallest absolute Gasteiger partial charge is 0.123 e. The Kier molecular flexibility index (Phi) is 4.43. The Morgan fingerprint density at radius 1 is 1.31 bits per heavy atom. The van der Waals surface area contributed by atoms with Gasteiger partial charge in [-0.3, -0.25) is 0 Å². The lowest BCUT2D eigenvalue weighted by molar-refractivity contribution is 0.199. The average molecular weight is 183 g/mol. The first-order valence-corrected chi connectivity index (χ1v) is 4.27. The Bertz CT molecular complexity index is 235. The van der Waals surface area contributed by atoms with Gasteiger partial charge >= 0.3 is 0 Å². The molecule has 0 heterocycles. The zero-order valence-corrected chi connectivity index (χ0v) is 7.72. The molecule has 72 valence electrons. The molecule has 0 saturated heterocycles. The van der Waals surface area contributed by atoms with Crippen LogP contribution in [0.5, 0.6) is 0 Å². The van der Waals surface area contributed by atoms with E-state index in [9.17, 15) is 4.39 Å². The Balaban J connectivity index is 2.25. The van der Waals surface area contributed by atoms with Crippen molar-refractivity contribution < 1.29 is 9.13 Å². The highest BCUT2D eigenvalue weighted by molar-refractivity contribution is 5.15. The van der Waals surface area contributed by atoms with Gasteiger partial charge in [0.2, 0.25) is 0 Å². The molecule has 0 atom stereocenters. The third-order valence-electron chi connectivity index (χ3n) is 1.73. The minimum absolute atomic E-state index is 0.194. The standard InChI is InChI=1S/C10H14FNO/c1-13-7-6-12-8-9-2-4-10(11)5-3-9/h2-5,12H,6-8H2,1H3. The maximum atomic E-state index is 12.5. The highest BCUT2D eigenvalue weighted by atomic mass is 19.1. The minimum atomic E-state index is -0.194. The Morgan fingerprint density at radius 2 is 2.00 bits per heavy atom. The van der Waals surface area contributed by atoms with Crippen LogP contribution in [0.3, 0.4) is 0 Å². The minimum Gasteiger partial charge on any atom is -0.383 e. The van der Waals surface area contributed by atoms with E-state index in [1.807, 2.05) is 0 Å². The molecule has 0 aliphatic carbocycles. The summed E-state index contributed by atoms with van der Waals surface area (Å²) in [4.78, 5) is 0. The molecule has 0 radical (unpaired) electrons. The number of halogens is 1. The van der Waals surface area contributed by atoms with E-state index in [0.717, 1.165) is 18.7 Å². The van der Waals surface area contributed by atoms with Crippen LogP contribution in [0.25, 0.3) is 0 Å². The lowest BCUT2D eigenvalue weighted by Crippen LogP contribution is -2.18. The molecule has 1 N–H and O–H groups in total. The van der Waals surface area contributed by atoms with E-state index in [2.05, 4.69) is 5.32 Å². The Hall–Kier alpha value is -0.930. The molecule has 0 bridgehead atoms. The Labute approximate surface area is 77.7 Å². The van der Waals surface area contributed by atoms with E-state index in [0.29, 0.717) is 6.61 Å². The summed E-state index contributed by atoms with van der Waals surface area (Å²) in [5.41, 5.74) is 1.08. The van der Waals surface area contributed by atoms with Crippen LogP contribution in [-0.2, 0) is 11.3 Å². The number of hydrogen-bond donors (Lipinski definition) is 1. The monoisotopic (exact) mass is 183 g/mol. The highest BCUT2D eigenvalue weighted by Gasteiger charge is 1.92. The fourth-order valence-electron chi connectivity index (χ4n) is 1.01. The van der Waals surface area contributed by atoms with E-state index in [1.54, 1.807) is 19.2 Å². The van der Waals surface area contributed by atoms with Gasteiger partial charge in [-0.1, -0.05) is 12.1 Å². The Morgan fingerprint density at radius 3 is 2.62 bits per heavy atom. The summed E-state index contributed by atoms with van der Waals surface area (Å²) in [5.74, 6) is -0.194. The van der Waals surface area contributed by atoms with E-state index in [-0.39, 0.29) is 5.82 Å². The van der Waals surface area contributed by atoms with Gasteiger partial charge in [0, 0.05) is 20.2 Å². The van der Waals surface area contributed by atoms with Crippen LogP contribution in [0.4, 0.5) is 4.39 Å². The topological polar surface area (TPSA) is 21.3 Å². The molecule has 0 spiro atoms. The van der Waals surface area contributed by atoms with Crippen molar-refractivity contribution in [3.8, 4) is 0 Å². The van der Waals surface area contributed by atoms with Crippen LogP contribution < -0.4 is 5.32 Å². The lowest BCUT2D eigenvalue weighted by Gasteiger charge is -2.03. The van der Waals surface area contributed by atoms with Gasteiger partial charge in [-0.2, -0.15) is 0 Å². The molecule has 0 aromatic heterocycles. The van der Waals surface area contributed by atoms with Crippen LogP contribution in [0.15, 0.2) is 24.3 Å². The van der Waals surface area contributed by atoms with Crippen molar-refractivity contribution in [2.75, 3.05) is 20.3 Å². The molecule has 1 aromatic rings.